The fourth-order valence-electron chi connectivity index (χ4n) is 1.93. The molecule has 0 heterocycles. The maximum absolute atomic E-state index is 11.8. The fourth-order valence-corrected chi connectivity index (χ4v) is 2.32. The SMILES string of the molecule is COc1ccc(CCNC(=O)C(=O)Nc2ccccc2Br)cc1. The number of ether oxygens (including phenoxy) is 1. The molecule has 6 heteroatoms. The van der Waals surface area contributed by atoms with Crippen LogP contribution in [0, 0.1) is 0 Å². The number of halogens is 1. The Morgan fingerprint density at radius 2 is 1.74 bits per heavy atom. The monoisotopic (exact) mass is 376 g/mol. The molecule has 23 heavy (non-hydrogen) atoms. The molecule has 0 atom stereocenters. The summed E-state index contributed by atoms with van der Waals surface area (Å²) >= 11 is 3.31. The van der Waals surface area contributed by atoms with Crippen LogP contribution in [0.1, 0.15) is 5.56 Å². The second-order valence-corrected chi connectivity index (χ2v) is 5.64. The maximum Gasteiger partial charge on any atom is 0.313 e. The molecule has 2 aromatic rings. The standard InChI is InChI=1S/C17H17BrN2O3/c1-23-13-8-6-12(7-9-13)10-11-19-16(21)17(22)20-15-5-3-2-4-14(15)18/h2-9H,10-11H2,1H3,(H,19,21)(H,20,22). The summed E-state index contributed by atoms with van der Waals surface area (Å²) in [6.07, 6.45) is 0.637. The van der Waals surface area contributed by atoms with Crippen LogP contribution in [0.15, 0.2) is 53.0 Å². The summed E-state index contributed by atoms with van der Waals surface area (Å²) in [6.45, 7) is 0.383. The second kappa shape index (κ2) is 8.33. The van der Waals surface area contributed by atoms with E-state index in [2.05, 4.69) is 26.6 Å². The van der Waals surface area contributed by atoms with Crippen molar-refractivity contribution in [3.8, 4) is 5.75 Å². The van der Waals surface area contributed by atoms with Crippen LogP contribution in [0.5, 0.6) is 5.75 Å². The summed E-state index contributed by atoms with van der Waals surface area (Å²) in [4.78, 5) is 23.6. The van der Waals surface area contributed by atoms with Gasteiger partial charge in [0.25, 0.3) is 0 Å². The van der Waals surface area contributed by atoms with Gasteiger partial charge in [0, 0.05) is 11.0 Å². The minimum Gasteiger partial charge on any atom is -0.497 e. The van der Waals surface area contributed by atoms with Crippen molar-refractivity contribution in [2.45, 2.75) is 6.42 Å². The number of carbonyl (C=O) groups is 2. The Balaban J connectivity index is 1.79. The quantitative estimate of drug-likeness (QED) is 0.788. The lowest BCUT2D eigenvalue weighted by Gasteiger charge is -2.08. The number of rotatable bonds is 5. The van der Waals surface area contributed by atoms with Gasteiger partial charge in [0.05, 0.1) is 12.8 Å². The van der Waals surface area contributed by atoms with Crippen molar-refractivity contribution < 1.29 is 14.3 Å². The molecule has 0 aliphatic rings. The van der Waals surface area contributed by atoms with Crippen LogP contribution >= 0.6 is 15.9 Å². The third kappa shape index (κ3) is 5.10. The van der Waals surface area contributed by atoms with E-state index in [1.54, 1.807) is 25.3 Å². The number of amides is 2. The van der Waals surface area contributed by atoms with E-state index in [4.69, 9.17) is 4.74 Å². The zero-order valence-corrected chi connectivity index (χ0v) is 14.2. The molecular weight excluding hydrogens is 360 g/mol. The molecule has 0 spiro atoms. The first-order valence-corrected chi connectivity index (χ1v) is 7.86. The van der Waals surface area contributed by atoms with Crippen LogP contribution in [0.3, 0.4) is 0 Å². The van der Waals surface area contributed by atoms with Crippen LogP contribution < -0.4 is 15.4 Å². The van der Waals surface area contributed by atoms with Gasteiger partial charge in [-0.1, -0.05) is 24.3 Å². The van der Waals surface area contributed by atoms with Gasteiger partial charge in [0.15, 0.2) is 0 Å². The lowest BCUT2D eigenvalue weighted by molar-refractivity contribution is -0.136. The number of benzene rings is 2. The van der Waals surface area contributed by atoms with Crippen LogP contribution in [0.2, 0.25) is 0 Å². The van der Waals surface area contributed by atoms with E-state index in [1.165, 1.54) is 0 Å². The van der Waals surface area contributed by atoms with Crippen molar-refractivity contribution in [2.24, 2.45) is 0 Å². The molecule has 0 radical (unpaired) electrons. The number of para-hydroxylation sites is 1. The Morgan fingerprint density at radius 1 is 1.04 bits per heavy atom. The van der Waals surface area contributed by atoms with Crippen LogP contribution in [-0.4, -0.2) is 25.5 Å². The first kappa shape index (κ1) is 17.0. The minimum absolute atomic E-state index is 0.383. The highest BCUT2D eigenvalue weighted by atomic mass is 79.9. The summed E-state index contributed by atoms with van der Waals surface area (Å²) in [5.74, 6) is -0.563. The zero-order valence-electron chi connectivity index (χ0n) is 12.6. The van der Waals surface area contributed by atoms with Crippen molar-refractivity contribution in [3.63, 3.8) is 0 Å². The van der Waals surface area contributed by atoms with Gasteiger partial charge in [-0.3, -0.25) is 9.59 Å². The topological polar surface area (TPSA) is 67.4 Å². The molecule has 0 fully saturated rings. The highest BCUT2D eigenvalue weighted by molar-refractivity contribution is 9.10. The molecule has 0 aliphatic carbocycles. The molecule has 2 amide bonds. The molecule has 0 aliphatic heterocycles. The zero-order chi connectivity index (χ0) is 16.7. The third-order valence-electron chi connectivity index (χ3n) is 3.19. The summed E-state index contributed by atoms with van der Waals surface area (Å²) < 4.78 is 5.80. The Hall–Kier alpha value is -2.34. The average molecular weight is 377 g/mol. The molecule has 2 rings (SSSR count). The molecular formula is C17H17BrN2O3. The van der Waals surface area contributed by atoms with Crippen molar-refractivity contribution in [3.05, 3.63) is 58.6 Å². The maximum atomic E-state index is 11.8. The van der Waals surface area contributed by atoms with Crippen LogP contribution in [-0.2, 0) is 16.0 Å². The van der Waals surface area contributed by atoms with Gasteiger partial charge < -0.3 is 15.4 Å². The van der Waals surface area contributed by atoms with Crippen molar-refractivity contribution >= 4 is 33.4 Å². The average Bonchev–Trinajstić information content (AvgIpc) is 2.57. The first-order valence-electron chi connectivity index (χ1n) is 7.07. The van der Waals surface area contributed by atoms with E-state index < -0.39 is 11.8 Å². The predicted molar refractivity (Wildman–Crippen MR) is 92.5 cm³/mol. The van der Waals surface area contributed by atoms with E-state index in [0.29, 0.717) is 18.7 Å². The summed E-state index contributed by atoms with van der Waals surface area (Å²) in [7, 11) is 1.61. The van der Waals surface area contributed by atoms with E-state index in [9.17, 15) is 9.59 Å². The van der Waals surface area contributed by atoms with Gasteiger partial charge in [0.2, 0.25) is 0 Å². The molecule has 5 nitrogen and oxygen atoms in total. The Labute approximate surface area is 143 Å². The predicted octanol–water partition coefficient (Wildman–Crippen LogP) is 2.76. The van der Waals surface area contributed by atoms with Crippen LogP contribution in [0.4, 0.5) is 5.69 Å². The number of carbonyl (C=O) groups excluding carboxylic acids is 2. The Morgan fingerprint density at radius 3 is 2.39 bits per heavy atom. The third-order valence-corrected chi connectivity index (χ3v) is 3.88. The number of nitrogens with one attached hydrogen (secondary N) is 2. The number of methoxy groups -OCH3 is 1. The Bertz CT molecular complexity index is 686. The summed E-state index contributed by atoms with van der Waals surface area (Å²) in [6, 6.07) is 14.7. The smallest absolute Gasteiger partial charge is 0.313 e. The molecule has 0 bridgehead atoms. The summed E-state index contributed by atoms with van der Waals surface area (Å²) in [5, 5.41) is 5.16. The molecule has 0 saturated heterocycles. The lowest BCUT2D eigenvalue weighted by atomic mass is 10.1. The van der Waals surface area contributed by atoms with Gasteiger partial charge in [-0.2, -0.15) is 0 Å². The fraction of sp³-hybridized carbons (Fsp3) is 0.176. The van der Waals surface area contributed by atoms with Gasteiger partial charge in [0.1, 0.15) is 5.75 Å². The van der Waals surface area contributed by atoms with Crippen molar-refractivity contribution in [1.82, 2.24) is 5.32 Å². The Kier molecular flexibility index (Phi) is 6.17. The molecule has 0 saturated carbocycles. The van der Waals surface area contributed by atoms with E-state index in [0.717, 1.165) is 15.8 Å². The van der Waals surface area contributed by atoms with Gasteiger partial charge in [-0.15, -0.1) is 0 Å². The lowest BCUT2D eigenvalue weighted by Crippen LogP contribution is -2.36. The van der Waals surface area contributed by atoms with Gasteiger partial charge in [-0.05, 0) is 52.2 Å². The molecule has 2 aromatic carbocycles. The number of anilines is 1. The second-order valence-electron chi connectivity index (χ2n) is 4.79. The number of hydrogen-bond donors (Lipinski definition) is 2. The van der Waals surface area contributed by atoms with Crippen molar-refractivity contribution in [1.29, 1.82) is 0 Å². The molecule has 0 unspecified atom stereocenters. The van der Waals surface area contributed by atoms with Crippen molar-refractivity contribution in [2.75, 3.05) is 19.0 Å². The molecule has 2 N–H and O–H groups in total. The molecule has 0 aromatic heterocycles. The summed E-state index contributed by atoms with van der Waals surface area (Å²) in [5.41, 5.74) is 1.61. The van der Waals surface area contributed by atoms with Crippen LogP contribution in [0.25, 0.3) is 0 Å². The number of hydrogen-bond acceptors (Lipinski definition) is 3. The largest absolute Gasteiger partial charge is 0.497 e. The highest BCUT2D eigenvalue weighted by Gasteiger charge is 2.14. The van der Waals surface area contributed by atoms with Gasteiger partial charge >= 0.3 is 11.8 Å². The first-order chi connectivity index (χ1) is 11.1. The molecule has 120 valence electrons. The van der Waals surface area contributed by atoms with E-state index >= 15 is 0 Å². The highest BCUT2D eigenvalue weighted by Crippen LogP contribution is 2.20. The normalized spacial score (nSPS) is 10.0. The minimum atomic E-state index is -0.688. The van der Waals surface area contributed by atoms with Gasteiger partial charge in [-0.25, -0.2) is 0 Å². The van der Waals surface area contributed by atoms with E-state index in [-0.39, 0.29) is 0 Å². The van der Waals surface area contributed by atoms with E-state index in [1.807, 2.05) is 30.3 Å².